The molecule has 12 heteroatoms. The first-order valence-electron chi connectivity index (χ1n) is 29.8. The topological polar surface area (TPSA) is 132 Å². The third-order valence-electron chi connectivity index (χ3n) is 17.6. The smallest absolute Gasteiger partial charge is 0.235 e. The molecule has 0 aliphatic carbocycles. The van der Waals surface area contributed by atoms with E-state index in [4.69, 9.17) is 33.2 Å². The lowest BCUT2D eigenvalue weighted by Gasteiger charge is -2.08. The summed E-state index contributed by atoms with van der Waals surface area (Å²) < 4.78 is 25.7. The number of hydrogen-bond donors (Lipinski definition) is 0. The van der Waals surface area contributed by atoms with Crippen molar-refractivity contribution in [2.75, 3.05) is 0 Å². The van der Waals surface area contributed by atoms with Crippen LogP contribution >= 0.6 is 0 Å². The van der Waals surface area contributed by atoms with Crippen LogP contribution in [0.1, 0.15) is 0 Å². The van der Waals surface area contributed by atoms with Crippen molar-refractivity contribution < 1.29 is 13.3 Å². The number of benzene rings is 11. The molecule has 10 aromatic heterocycles. The van der Waals surface area contributed by atoms with Crippen LogP contribution in [0.2, 0.25) is 0 Å². The van der Waals surface area contributed by atoms with Crippen LogP contribution < -0.4 is 0 Å². The Morgan fingerprint density at radius 3 is 1.17 bits per heavy atom. The Kier molecular flexibility index (Phi) is 10.8. The maximum absolute atomic E-state index is 6.41. The highest BCUT2D eigenvalue weighted by Crippen LogP contribution is 2.44. The predicted octanol–water partition coefficient (Wildman–Crippen LogP) is 19.9. The highest BCUT2D eigenvalue weighted by molar-refractivity contribution is 6.29. The molecule has 0 atom stereocenters. The third kappa shape index (κ3) is 7.48. The Balaban J connectivity index is 0.0000000972. The molecule has 0 fully saturated rings. The molecule has 0 aliphatic heterocycles. The Hall–Kier alpha value is -12.5. The second-order valence-corrected chi connectivity index (χ2v) is 22.5. The van der Waals surface area contributed by atoms with Crippen molar-refractivity contribution in [3.63, 3.8) is 0 Å². The van der Waals surface area contributed by atoms with E-state index in [1.807, 2.05) is 122 Å². The van der Waals surface area contributed by atoms with Crippen LogP contribution in [0, 0.1) is 0 Å². The molecule has 11 aromatic carbocycles. The first-order chi connectivity index (χ1) is 44.6. The summed E-state index contributed by atoms with van der Waals surface area (Å²) in [6, 6.07) is 84.9. The zero-order valence-corrected chi connectivity index (χ0v) is 47.7. The SMILES string of the molecule is c1ccc2cc(-n3c4cccc5oc6ccccc6c6cccc3c6c54)ncc2c1.c1ccc2nc(-n3c4cccc5oc6ccccc6c6cccc3c6c54)ncc2c1.c1cnc2cnc(-n3c4cccc5oc6ccccc6c6cccc3c6c54)nc2c1. The predicted molar refractivity (Wildman–Crippen MR) is 363 cm³/mol. The summed E-state index contributed by atoms with van der Waals surface area (Å²) in [5.74, 6) is 2.20. The van der Waals surface area contributed by atoms with Crippen molar-refractivity contribution in [3.8, 4) is 17.7 Å². The standard InChI is InChI=1S/C27H16N2O.C26H15N3O.C25H14N4O/c1-2-8-18-16-28-25(15-17(18)7-1)29-21-11-5-10-20-19-9-3-4-13-23(19)30-24-14-6-12-22(29)27(24)26(20)21;1-3-10-19-16(7-1)15-27-26(28-19)29-20-11-5-9-18-17-8-2-4-13-22(17)30-23-14-6-12-21(29)25(23)24(18)20;1-2-11-21-15(6-1)16-7-3-9-19-23(16)24-20(10-4-12-22(24)30-21)29(19)25-27-14-18-17(28-25)8-5-13-26-18/h1-16H;1-15H;1-14H. The van der Waals surface area contributed by atoms with Gasteiger partial charge in [0.2, 0.25) is 11.9 Å². The Morgan fingerprint density at radius 2 is 0.622 bits per heavy atom. The molecular weight excluding hydrogens is 1110 g/mol. The minimum absolute atomic E-state index is 0.624. The quantitative estimate of drug-likeness (QED) is 0.170. The molecule has 0 N–H and O–H groups in total. The fraction of sp³-hybridized carbons (Fsp3) is 0. The normalized spacial score (nSPS) is 12.0. The molecule has 0 radical (unpaired) electrons. The van der Waals surface area contributed by atoms with Gasteiger partial charge in [0.05, 0.1) is 66.5 Å². The Bertz CT molecular complexity index is 5900. The van der Waals surface area contributed by atoms with Crippen LogP contribution in [0.4, 0.5) is 0 Å². The van der Waals surface area contributed by atoms with E-state index in [2.05, 4.69) is 163 Å². The van der Waals surface area contributed by atoms with Gasteiger partial charge in [0.1, 0.15) is 44.8 Å². The van der Waals surface area contributed by atoms with Gasteiger partial charge in [-0.05, 0) is 119 Å². The molecule has 12 nitrogen and oxygen atoms in total. The van der Waals surface area contributed by atoms with E-state index in [9.17, 15) is 0 Å². The van der Waals surface area contributed by atoms with Crippen LogP contribution in [0.5, 0.6) is 0 Å². The maximum atomic E-state index is 6.41. The third-order valence-corrected chi connectivity index (χ3v) is 17.6. The van der Waals surface area contributed by atoms with Crippen molar-refractivity contribution in [1.82, 2.24) is 43.6 Å². The second-order valence-electron chi connectivity index (χ2n) is 22.5. The fourth-order valence-corrected chi connectivity index (χ4v) is 13.8. The van der Waals surface area contributed by atoms with E-state index in [-0.39, 0.29) is 0 Å². The van der Waals surface area contributed by atoms with Gasteiger partial charge in [-0.1, -0.05) is 152 Å². The molecule has 0 bridgehead atoms. The second kappa shape index (κ2) is 19.5. The number of para-hydroxylation sites is 4. The van der Waals surface area contributed by atoms with Crippen molar-refractivity contribution in [2.45, 2.75) is 0 Å². The van der Waals surface area contributed by atoms with Gasteiger partial charge >= 0.3 is 0 Å². The highest BCUT2D eigenvalue weighted by atomic mass is 16.3. The Morgan fingerprint density at radius 1 is 0.244 bits per heavy atom. The zero-order chi connectivity index (χ0) is 59.0. The van der Waals surface area contributed by atoms with E-state index in [0.717, 1.165) is 148 Å². The lowest BCUT2D eigenvalue weighted by Crippen LogP contribution is -2.01. The molecule has 0 spiro atoms. The van der Waals surface area contributed by atoms with Crippen LogP contribution in [-0.4, -0.2) is 43.6 Å². The summed E-state index contributed by atoms with van der Waals surface area (Å²) in [4.78, 5) is 28.2. The van der Waals surface area contributed by atoms with Gasteiger partial charge in [0.15, 0.2) is 0 Å². The average molecular weight is 1160 g/mol. The molecule has 0 saturated heterocycles. The monoisotopic (exact) mass is 1160 g/mol. The van der Waals surface area contributed by atoms with Crippen LogP contribution in [0.3, 0.4) is 0 Å². The van der Waals surface area contributed by atoms with Gasteiger partial charge in [-0.2, -0.15) is 0 Å². The van der Waals surface area contributed by atoms with Gasteiger partial charge in [-0.15, -0.1) is 0 Å². The molecule has 0 amide bonds. The summed E-state index contributed by atoms with van der Waals surface area (Å²) in [5, 5.41) is 17.0. The fourth-order valence-electron chi connectivity index (χ4n) is 13.8. The number of pyridine rings is 2. The van der Waals surface area contributed by atoms with Crippen molar-refractivity contribution in [2.24, 2.45) is 0 Å². The Labute approximate surface area is 509 Å². The van der Waals surface area contributed by atoms with Crippen molar-refractivity contribution in [1.29, 1.82) is 0 Å². The molecule has 90 heavy (non-hydrogen) atoms. The molecule has 10 heterocycles. The van der Waals surface area contributed by atoms with E-state index in [0.29, 0.717) is 11.9 Å². The molecule has 420 valence electrons. The van der Waals surface area contributed by atoms with Crippen molar-refractivity contribution >= 4 is 164 Å². The summed E-state index contributed by atoms with van der Waals surface area (Å²) in [5.41, 5.74) is 14.2. The number of nitrogens with zero attached hydrogens (tertiary/aromatic N) is 9. The average Bonchev–Trinajstić information content (AvgIpc) is 1.61. The lowest BCUT2D eigenvalue weighted by molar-refractivity contribution is 0.663. The number of aromatic nitrogens is 9. The molecule has 0 aliphatic rings. The largest absolute Gasteiger partial charge is 0.456 e. The lowest BCUT2D eigenvalue weighted by atomic mass is 10.1. The highest BCUT2D eigenvalue weighted by Gasteiger charge is 2.23. The summed E-state index contributed by atoms with van der Waals surface area (Å²) in [7, 11) is 0. The van der Waals surface area contributed by atoms with Crippen LogP contribution in [0.25, 0.3) is 182 Å². The summed E-state index contributed by atoms with van der Waals surface area (Å²) >= 11 is 0. The number of fused-ring (bicyclic) bond motifs is 9. The number of hydrogen-bond acceptors (Lipinski definition) is 9. The molecule has 0 unspecified atom stereocenters. The zero-order valence-electron chi connectivity index (χ0n) is 47.7. The number of rotatable bonds is 3. The molecule has 0 saturated carbocycles. The molecular formula is C78H45N9O3. The molecule has 21 aromatic rings. The van der Waals surface area contributed by atoms with Gasteiger partial charge < -0.3 is 13.3 Å². The summed E-state index contributed by atoms with van der Waals surface area (Å²) in [6.07, 6.45) is 7.38. The first kappa shape index (κ1) is 49.7. The van der Waals surface area contributed by atoms with E-state index in [1.54, 1.807) is 12.4 Å². The minimum atomic E-state index is 0.624. The van der Waals surface area contributed by atoms with Gasteiger partial charge in [-0.25, -0.2) is 24.9 Å². The summed E-state index contributed by atoms with van der Waals surface area (Å²) in [6.45, 7) is 0. The van der Waals surface area contributed by atoms with Gasteiger partial charge in [0, 0.05) is 61.7 Å². The van der Waals surface area contributed by atoms with E-state index < -0.39 is 0 Å². The van der Waals surface area contributed by atoms with Crippen LogP contribution in [-0.2, 0) is 0 Å². The van der Waals surface area contributed by atoms with E-state index >= 15 is 0 Å². The first-order valence-corrected chi connectivity index (χ1v) is 29.8. The molecule has 21 rings (SSSR count). The van der Waals surface area contributed by atoms with E-state index in [1.165, 1.54) is 21.5 Å². The van der Waals surface area contributed by atoms with Crippen LogP contribution in [0.15, 0.2) is 287 Å². The maximum Gasteiger partial charge on any atom is 0.235 e. The van der Waals surface area contributed by atoms with Gasteiger partial charge in [-0.3, -0.25) is 18.7 Å². The minimum Gasteiger partial charge on any atom is -0.456 e. The van der Waals surface area contributed by atoms with Crippen molar-refractivity contribution in [3.05, 3.63) is 274 Å². The van der Waals surface area contributed by atoms with Gasteiger partial charge in [0.25, 0.3) is 0 Å².